The van der Waals surface area contributed by atoms with Crippen LogP contribution in [0.3, 0.4) is 0 Å². The lowest BCUT2D eigenvalue weighted by atomic mass is 10.2. The van der Waals surface area contributed by atoms with Crippen molar-refractivity contribution in [1.82, 2.24) is 9.97 Å². The maximum Gasteiger partial charge on any atom is 0.229 e. The van der Waals surface area contributed by atoms with E-state index in [0.29, 0.717) is 33.8 Å². The predicted molar refractivity (Wildman–Crippen MR) is 97.8 cm³/mol. The van der Waals surface area contributed by atoms with Crippen molar-refractivity contribution in [1.29, 1.82) is 5.26 Å². The Kier molecular flexibility index (Phi) is 4.97. The average Bonchev–Trinajstić information content (AvgIpc) is 2.63. The fourth-order valence-corrected chi connectivity index (χ4v) is 2.33. The minimum Gasteiger partial charge on any atom is -0.495 e. The fraction of sp³-hybridized carbons (Fsp3) is 0.0556. The summed E-state index contributed by atoms with van der Waals surface area (Å²) in [5.74, 6) is 1.67. The van der Waals surface area contributed by atoms with Crippen molar-refractivity contribution in [3.8, 4) is 11.8 Å². The summed E-state index contributed by atoms with van der Waals surface area (Å²) in [5.41, 5.74) is 2.09. The van der Waals surface area contributed by atoms with Crippen LogP contribution in [0.1, 0.15) is 5.56 Å². The van der Waals surface area contributed by atoms with Gasteiger partial charge in [-0.05, 0) is 48.5 Å². The van der Waals surface area contributed by atoms with Crippen LogP contribution in [0.25, 0.3) is 0 Å². The quantitative estimate of drug-likeness (QED) is 0.704. The second-order valence-electron chi connectivity index (χ2n) is 5.05. The summed E-state index contributed by atoms with van der Waals surface area (Å²) in [7, 11) is 1.59. The Morgan fingerprint density at radius 2 is 1.88 bits per heavy atom. The van der Waals surface area contributed by atoms with Gasteiger partial charge in [0.05, 0.1) is 24.4 Å². The van der Waals surface area contributed by atoms with Crippen molar-refractivity contribution in [2.45, 2.75) is 0 Å². The van der Waals surface area contributed by atoms with Crippen molar-refractivity contribution in [2.75, 3.05) is 17.7 Å². The molecule has 0 spiro atoms. The van der Waals surface area contributed by atoms with Crippen molar-refractivity contribution < 1.29 is 4.74 Å². The number of nitriles is 1. The summed E-state index contributed by atoms with van der Waals surface area (Å²) in [6.45, 7) is 0. The van der Waals surface area contributed by atoms with Gasteiger partial charge < -0.3 is 15.4 Å². The van der Waals surface area contributed by atoms with Gasteiger partial charge in [0, 0.05) is 16.9 Å². The monoisotopic (exact) mass is 351 g/mol. The Labute approximate surface area is 150 Å². The van der Waals surface area contributed by atoms with E-state index in [9.17, 15) is 0 Å². The molecule has 6 nitrogen and oxygen atoms in total. The number of halogens is 1. The summed E-state index contributed by atoms with van der Waals surface area (Å²) in [6.07, 6.45) is 1.64. The SMILES string of the molecule is COc1ccc(Cl)cc1Nc1ccnc(Nc2ccc(C#N)cc2)n1. The maximum atomic E-state index is 8.83. The number of methoxy groups -OCH3 is 1. The Hall–Kier alpha value is -3.30. The molecule has 0 atom stereocenters. The zero-order valence-electron chi connectivity index (χ0n) is 13.3. The Balaban J connectivity index is 1.79. The number of nitrogens with zero attached hydrogens (tertiary/aromatic N) is 3. The van der Waals surface area contributed by atoms with Crippen molar-refractivity contribution in [3.05, 3.63) is 65.3 Å². The lowest BCUT2D eigenvalue weighted by Crippen LogP contribution is -2.01. The normalized spacial score (nSPS) is 9.96. The molecule has 3 aromatic rings. The molecule has 2 aromatic carbocycles. The van der Waals surface area contributed by atoms with Crippen LogP contribution in [0.15, 0.2) is 54.7 Å². The molecule has 7 heteroatoms. The number of anilines is 4. The van der Waals surface area contributed by atoms with Crippen LogP contribution < -0.4 is 15.4 Å². The van der Waals surface area contributed by atoms with Crippen molar-refractivity contribution in [2.24, 2.45) is 0 Å². The highest BCUT2D eigenvalue weighted by Crippen LogP contribution is 2.30. The van der Waals surface area contributed by atoms with Gasteiger partial charge in [-0.15, -0.1) is 0 Å². The smallest absolute Gasteiger partial charge is 0.229 e. The van der Waals surface area contributed by atoms with E-state index in [0.717, 1.165) is 5.69 Å². The van der Waals surface area contributed by atoms with Gasteiger partial charge in [0.25, 0.3) is 0 Å². The van der Waals surface area contributed by atoms with Crippen LogP contribution in [0.5, 0.6) is 5.75 Å². The molecule has 0 aliphatic rings. The van der Waals surface area contributed by atoms with E-state index in [1.54, 1.807) is 61.8 Å². The molecule has 1 aromatic heterocycles. The summed E-state index contributed by atoms with van der Waals surface area (Å²) in [4.78, 5) is 8.61. The molecule has 0 radical (unpaired) electrons. The number of hydrogen-bond acceptors (Lipinski definition) is 6. The highest BCUT2D eigenvalue weighted by Gasteiger charge is 2.06. The highest BCUT2D eigenvalue weighted by molar-refractivity contribution is 6.31. The second kappa shape index (κ2) is 7.51. The fourth-order valence-electron chi connectivity index (χ4n) is 2.16. The number of rotatable bonds is 5. The molecule has 0 aliphatic carbocycles. The summed E-state index contributed by atoms with van der Waals surface area (Å²) in [6, 6.07) is 16.1. The van der Waals surface area contributed by atoms with E-state index in [1.807, 2.05) is 0 Å². The lowest BCUT2D eigenvalue weighted by molar-refractivity contribution is 0.417. The number of aromatic nitrogens is 2. The minimum atomic E-state index is 0.427. The van der Waals surface area contributed by atoms with Crippen LogP contribution in [0.2, 0.25) is 5.02 Å². The molecule has 1 heterocycles. The van der Waals surface area contributed by atoms with E-state index in [1.165, 1.54) is 0 Å². The molecule has 3 rings (SSSR count). The first kappa shape index (κ1) is 16.6. The van der Waals surface area contributed by atoms with Crippen LogP contribution in [0.4, 0.5) is 23.1 Å². The predicted octanol–water partition coefficient (Wildman–Crippen LogP) is 4.50. The van der Waals surface area contributed by atoms with Crippen LogP contribution in [0, 0.1) is 11.3 Å². The molecule has 2 N–H and O–H groups in total. The molecule has 0 unspecified atom stereocenters. The Morgan fingerprint density at radius 3 is 2.60 bits per heavy atom. The second-order valence-corrected chi connectivity index (χ2v) is 5.49. The summed E-state index contributed by atoms with van der Waals surface area (Å²) >= 11 is 6.04. The van der Waals surface area contributed by atoms with Gasteiger partial charge >= 0.3 is 0 Å². The molecule has 0 aliphatic heterocycles. The van der Waals surface area contributed by atoms with E-state index in [-0.39, 0.29) is 0 Å². The van der Waals surface area contributed by atoms with Gasteiger partial charge in [0.1, 0.15) is 11.6 Å². The molecule has 0 fully saturated rings. The molecule has 0 saturated carbocycles. The van der Waals surface area contributed by atoms with Gasteiger partial charge in [0.15, 0.2) is 0 Å². The maximum absolute atomic E-state index is 8.83. The van der Waals surface area contributed by atoms with E-state index >= 15 is 0 Å². The zero-order chi connectivity index (χ0) is 17.6. The minimum absolute atomic E-state index is 0.427. The summed E-state index contributed by atoms with van der Waals surface area (Å²) in [5, 5.41) is 15.7. The topological polar surface area (TPSA) is 82.9 Å². The van der Waals surface area contributed by atoms with E-state index < -0.39 is 0 Å². The van der Waals surface area contributed by atoms with Crippen LogP contribution in [-0.2, 0) is 0 Å². The third kappa shape index (κ3) is 4.16. The number of hydrogen-bond donors (Lipinski definition) is 2. The van der Waals surface area contributed by atoms with Crippen LogP contribution in [-0.4, -0.2) is 17.1 Å². The standard InChI is InChI=1S/C18H14ClN5O/c1-25-16-7-4-13(19)10-15(16)23-17-8-9-21-18(24-17)22-14-5-2-12(11-20)3-6-14/h2-10H,1H3,(H2,21,22,23,24). The first-order valence-corrected chi connectivity index (χ1v) is 7.76. The molecule has 25 heavy (non-hydrogen) atoms. The largest absolute Gasteiger partial charge is 0.495 e. The molecule has 0 bridgehead atoms. The Morgan fingerprint density at radius 1 is 1.08 bits per heavy atom. The van der Waals surface area contributed by atoms with Crippen molar-refractivity contribution >= 4 is 34.7 Å². The lowest BCUT2D eigenvalue weighted by Gasteiger charge is -2.12. The van der Waals surface area contributed by atoms with E-state index in [4.69, 9.17) is 21.6 Å². The average molecular weight is 352 g/mol. The first-order chi connectivity index (χ1) is 12.2. The van der Waals surface area contributed by atoms with Crippen LogP contribution >= 0.6 is 11.6 Å². The summed E-state index contributed by atoms with van der Waals surface area (Å²) < 4.78 is 5.31. The van der Waals surface area contributed by atoms with E-state index in [2.05, 4.69) is 26.7 Å². The molecular weight excluding hydrogens is 338 g/mol. The number of nitrogens with one attached hydrogen (secondary N) is 2. The molecule has 124 valence electrons. The van der Waals surface area contributed by atoms with Crippen molar-refractivity contribution in [3.63, 3.8) is 0 Å². The van der Waals surface area contributed by atoms with Gasteiger partial charge in [-0.2, -0.15) is 10.2 Å². The number of ether oxygens (including phenoxy) is 1. The van der Waals surface area contributed by atoms with Gasteiger partial charge in [-0.3, -0.25) is 0 Å². The molecule has 0 amide bonds. The third-order valence-corrected chi connectivity index (χ3v) is 3.59. The van der Waals surface area contributed by atoms with Gasteiger partial charge in [-0.1, -0.05) is 11.6 Å². The first-order valence-electron chi connectivity index (χ1n) is 7.39. The number of benzene rings is 2. The van der Waals surface area contributed by atoms with Gasteiger partial charge in [-0.25, -0.2) is 4.98 Å². The Bertz CT molecular complexity index is 921. The third-order valence-electron chi connectivity index (χ3n) is 3.35. The highest BCUT2D eigenvalue weighted by atomic mass is 35.5. The zero-order valence-corrected chi connectivity index (χ0v) is 14.1. The van der Waals surface area contributed by atoms with Gasteiger partial charge in [0.2, 0.25) is 5.95 Å². The molecular formula is C18H14ClN5O. The molecule has 0 saturated heterocycles.